The molecule has 1 rings (SSSR count). The van der Waals surface area contributed by atoms with Crippen LogP contribution in [0.15, 0.2) is 12.3 Å². The number of esters is 1. The predicted octanol–water partition coefficient (Wildman–Crippen LogP) is 0.402. The summed E-state index contributed by atoms with van der Waals surface area (Å²) >= 11 is 0. The Morgan fingerprint density at radius 1 is 1.50 bits per heavy atom. The summed E-state index contributed by atoms with van der Waals surface area (Å²) in [5.74, 6) is -0.753. The first-order valence-corrected chi connectivity index (χ1v) is 5.63. The van der Waals surface area contributed by atoms with E-state index in [9.17, 15) is 9.59 Å². The van der Waals surface area contributed by atoms with Gasteiger partial charge in [0.25, 0.3) is 0 Å². The topological polar surface area (TPSA) is 97.2 Å². The average molecular weight is 253 g/mol. The van der Waals surface area contributed by atoms with Gasteiger partial charge in [0.05, 0.1) is 18.1 Å². The molecule has 1 aromatic rings. The third kappa shape index (κ3) is 3.33. The van der Waals surface area contributed by atoms with Crippen molar-refractivity contribution in [2.75, 3.05) is 13.7 Å². The monoisotopic (exact) mass is 253 g/mol. The van der Waals surface area contributed by atoms with E-state index in [0.717, 1.165) is 5.69 Å². The molecule has 0 radical (unpaired) electrons. The quantitative estimate of drug-likeness (QED) is 0.639. The minimum atomic E-state index is -0.627. The molecule has 1 amide bonds. The molecule has 18 heavy (non-hydrogen) atoms. The number of hydrogen-bond acceptors (Lipinski definition) is 4. The zero-order chi connectivity index (χ0) is 13.8. The SMILES string of the molecule is COC(=O)c1cc[nH]c1CNCC(C)(C)C(N)=O. The van der Waals surface area contributed by atoms with E-state index in [0.29, 0.717) is 18.7 Å². The van der Waals surface area contributed by atoms with Crippen molar-refractivity contribution in [1.82, 2.24) is 10.3 Å². The van der Waals surface area contributed by atoms with Crippen LogP contribution in [0, 0.1) is 5.41 Å². The van der Waals surface area contributed by atoms with Gasteiger partial charge in [-0.05, 0) is 19.9 Å². The number of aromatic nitrogens is 1. The summed E-state index contributed by atoms with van der Waals surface area (Å²) in [6, 6.07) is 1.65. The molecule has 0 aliphatic carbocycles. The lowest BCUT2D eigenvalue weighted by Gasteiger charge is -2.20. The maximum absolute atomic E-state index is 11.4. The van der Waals surface area contributed by atoms with E-state index in [4.69, 9.17) is 5.73 Å². The summed E-state index contributed by atoms with van der Waals surface area (Å²) in [7, 11) is 1.34. The molecule has 1 heterocycles. The van der Waals surface area contributed by atoms with Crippen molar-refractivity contribution in [3.05, 3.63) is 23.5 Å². The highest BCUT2D eigenvalue weighted by atomic mass is 16.5. The van der Waals surface area contributed by atoms with Crippen LogP contribution in [0.5, 0.6) is 0 Å². The van der Waals surface area contributed by atoms with Gasteiger partial charge in [-0.25, -0.2) is 4.79 Å². The van der Waals surface area contributed by atoms with Crippen LogP contribution >= 0.6 is 0 Å². The minimum Gasteiger partial charge on any atom is -0.465 e. The van der Waals surface area contributed by atoms with Crippen LogP contribution in [0.1, 0.15) is 29.9 Å². The lowest BCUT2D eigenvalue weighted by molar-refractivity contribution is -0.125. The second kappa shape index (κ2) is 5.68. The van der Waals surface area contributed by atoms with Gasteiger partial charge in [-0.1, -0.05) is 0 Å². The molecule has 0 atom stereocenters. The molecule has 0 fully saturated rings. The van der Waals surface area contributed by atoms with Gasteiger partial charge in [-0.15, -0.1) is 0 Å². The molecule has 4 N–H and O–H groups in total. The van der Waals surface area contributed by atoms with Crippen molar-refractivity contribution in [2.45, 2.75) is 20.4 Å². The molecule has 0 saturated heterocycles. The van der Waals surface area contributed by atoms with E-state index in [1.807, 2.05) is 0 Å². The van der Waals surface area contributed by atoms with E-state index >= 15 is 0 Å². The Hall–Kier alpha value is -1.82. The molecule has 1 aromatic heterocycles. The molecular formula is C12H19N3O3. The number of ether oxygens (including phenoxy) is 1. The number of carbonyl (C=O) groups excluding carboxylic acids is 2. The molecule has 6 heteroatoms. The summed E-state index contributed by atoms with van der Waals surface area (Å²) in [6.45, 7) is 4.40. The maximum atomic E-state index is 11.4. The molecule has 100 valence electrons. The van der Waals surface area contributed by atoms with Crippen molar-refractivity contribution in [2.24, 2.45) is 11.1 Å². The zero-order valence-electron chi connectivity index (χ0n) is 10.9. The Bertz CT molecular complexity index is 438. The first-order chi connectivity index (χ1) is 8.38. The van der Waals surface area contributed by atoms with Crippen LogP contribution in [-0.2, 0) is 16.1 Å². The molecule has 0 bridgehead atoms. The number of primary amides is 1. The highest BCUT2D eigenvalue weighted by Gasteiger charge is 2.24. The average Bonchev–Trinajstić information content (AvgIpc) is 2.76. The first kappa shape index (κ1) is 14.2. The summed E-state index contributed by atoms with van der Waals surface area (Å²) < 4.78 is 4.66. The fourth-order valence-electron chi connectivity index (χ4n) is 1.44. The number of hydrogen-bond donors (Lipinski definition) is 3. The highest BCUT2D eigenvalue weighted by Crippen LogP contribution is 2.13. The van der Waals surface area contributed by atoms with Crippen LogP contribution in [0.25, 0.3) is 0 Å². The fraction of sp³-hybridized carbons (Fsp3) is 0.500. The Kier molecular flexibility index (Phi) is 4.49. The number of carbonyl (C=O) groups is 2. The van der Waals surface area contributed by atoms with Gasteiger partial charge in [0.15, 0.2) is 0 Å². The molecule has 0 spiro atoms. The predicted molar refractivity (Wildman–Crippen MR) is 66.8 cm³/mol. The summed E-state index contributed by atoms with van der Waals surface area (Å²) in [4.78, 5) is 25.5. The van der Waals surface area contributed by atoms with Crippen LogP contribution in [0.3, 0.4) is 0 Å². The number of amides is 1. The Morgan fingerprint density at radius 3 is 2.72 bits per heavy atom. The van der Waals surface area contributed by atoms with Gasteiger partial charge in [-0.3, -0.25) is 4.79 Å². The smallest absolute Gasteiger partial charge is 0.339 e. The molecule has 0 aliphatic heterocycles. The lowest BCUT2D eigenvalue weighted by Crippen LogP contribution is -2.40. The largest absolute Gasteiger partial charge is 0.465 e. The van der Waals surface area contributed by atoms with Crippen molar-refractivity contribution >= 4 is 11.9 Å². The normalized spacial score (nSPS) is 11.3. The molecule has 0 aromatic carbocycles. The first-order valence-electron chi connectivity index (χ1n) is 5.63. The second-order valence-electron chi connectivity index (χ2n) is 4.71. The Balaban J connectivity index is 2.57. The van der Waals surface area contributed by atoms with E-state index < -0.39 is 5.41 Å². The summed E-state index contributed by atoms with van der Waals surface area (Å²) in [5, 5.41) is 3.09. The van der Waals surface area contributed by atoms with Crippen molar-refractivity contribution in [3.63, 3.8) is 0 Å². The van der Waals surface area contributed by atoms with E-state index in [2.05, 4.69) is 15.0 Å². The molecule has 0 saturated carbocycles. The molecule has 6 nitrogen and oxygen atoms in total. The zero-order valence-corrected chi connectivity index (χ0v) is 10.9. The van der Waals surface area contributed by atoms with Crippen molar-refractivity contribution in [3.8, 4) is 0 Å². The second-order valence-corrected chi connectivity index (χ2v) is 4.71. The summed E-state index contributed by atoms with van der Waals surface area (Å²) in [5.41, 5.74) is 5.85. The number of methoxy groups -OCH3 is 1. The van der Waals surface area contributed by atoms with Gasteiger partial charge in [0.2, 0.25) is 5.91 Å². The summed E-state index contributed by atoms with van der Waals surface area (Å²) in [6.07, 6.45) is 1.67. The number of aromatic amines is 1. The van der Waals surface area contributed by atoms with Crippen LogP contribution in [0.2, 0.25) is 0 Å². The number of nitrogens with one attached hydrogen (secondary N) is 2. The van der Waals surface area contributed by atoms with Gasteiger partial charge in [0.1, 0.15) is 0 Å². The van der Waals surface area contributed by atoms with E-state index in [1.54, 1.807) is 26.1 Å². The number of nitrogens with two attached hydrogens (primary N) is 1. The van der Waals surface area contributed by atoms with Crippen LogP contribution < -0.4 is 11.1 Å². The fourth-order valence-corrected chi connectivity index (χ4v) is 1.44. The van der Waals surface area contributed by atoms with Crippen molar-refractivity contribution < 1.29 is 14.3 Å². The number of H-pyrrole nitrogens is 1. The molecular weight excluding hydrogens is 234 g/mol. The van der Waals surface area contributed by atoms with Gasteiger partial charge in [-0.2, -0.15) is 0 Å². The highest BCUT2D eigenvalue weighted by molar-refractivity contribution is 5.90. The van der Waals surface area contributed by atoms with Crippen LogP contribution in [0.4, 0.5) is 0 Å². The standard InChI is InChI=1S/C12H19N3O3/c1-12(2,11(13)17)7-14-6-9-8(4-5-15-9)10(16)18-3/h4-5,14-15H,6-7H2,1-3H3,(H2,13,17). The van der Waals surface area contributed by atoms with Crippen molar-refractivity contribution in [1.29, 1.82) is 0 Å². The minimum absolute atomic E-state index is 0.366. The third-order valence-electron chi connectivity index (χ3n) is 2.77. The molecule has 0 unspecified atom stereocenters. The maximum Gasteiger partial charge on any atom is 0.339 e. The Morgan fingerprint density at radius 2 is 2.17 bits per heavy atom. The van der Waals surface area contributed by atoms with E-state index in [1.165, 1.54) is 7.11 Å². The van der Waals surface area contributed by atoms with E-state index in [-0.39, 0.29) is 11.9 Å². The van der Waals surface area contributed by atoms with Gasteiger partial charge in [0, 0.05) is 25.0 Å². The van der Waals surface area contributed by atoms with Gasteiger partial charge >= 0.3 is 5.97 Å². The molecule has 0 aliphatic rings. The number of rotatable bonds is 6. The lowest BCUT2D eigenvalue weighted by atomic mass is 9.93. The third-order valence-corrected chi connectivity index (χ3v) is 2.77. The Labute approximate surface area is 106 Å². The van der Waals surface area contributed by atoms with Gasteiger partial charge < -0.3 is 20.8 Å². The van der Waals surface area contributed by atoms with Crippen LogP contribution in [-0.4, -0.2) is 30.5 Å².